The van der Waals surface area contributed by atoms with Crippen LogP contribution in [0.2, 0.25) is 0 Å². The molecule has 3 aromatic carbocycles. The van der Waals surface area contributed by atoms with E-state index in [9.17, 15) is 31.5 Å². The molecule has 0 aromatic heterocycles. The van der Waals surface area contributed by atoms with Crippen molar-refractivity contribution in [3.63, 3.8) is 0 Å². The van der Waals surface area contributed by atoms with Crippen LogP contribution in [0, 0.1) is 0 Å². The number of amides is 1. The Labute approximate surface area is 194 Å². The van der Waals surface area contributed by atoms with Crippen LogP contribution in [0.15, 0.2) is 83.8 Å². The molecule has 0 bridgehead atoms. The van der Waals surface area contributed by atoms with Gasteiger partial charge in [-0.25, -0.2) is 8.42 Å². The van der Waals surface area contributed by atoms with Crippen LogP contribution in [-0.4, -0.2) is 38.7 Å². The number of alkyl halides is 3. The Balaban J connectivity index is 1.47. The number of aliphatic hydroxyl groups is 1. The van der Waals surface area contributed by atoms with Crippen LogP contribution < -0.4 is 10.1 Å². The fraction of sp³-hybridized carbons (Fsp3) is 0.208. The molecule has 0 fully saturated rings. The van der Waals surface area contributed by atoms with Crippen LogP contribution in [0.5, 0.6) is 5.75 Å². The number of sulfone groups is 1. The second kappa shape index (κ2) is 10.7. The first-order valence-corrected chi connectivity index (χ1v) is 11.8. The van der Waals surface area contributed by atoms with Crippen molar-refractivity contribution < 1.29 is 36.2 Å². The molecule has 2 N–H and O–H groups in total. The number of hydrogen-bond donors (Lipinski definition) is 2. The van der Waals surface area contributed by atoms with Crippen molar-refractivity contribution in [1.29, 1.82) is 0 Å². The Morgan fingerprint density at radius 2 is 1.56 bits per heavy atom. The zero-order valence-electron chi connectivity index (χ0n) is 17.8. The third kappa shape index (κ3) is 7.06. The summed E-state index contributed by atoms with van der Waals surface area (Å²) in [6.45, 7) is -0.383. The Hall–Kier alpha value is -3.37. The van der Waals surface area contributed by atoms with Crippen molar-refractivity contribution in [3.8, 4) is 5.75 Å². The fourth-order valence-electron chi connectivity index (χ4n) is 2.99. The highest BCUT2D eigenvalue weighted by molar-refractivity contribution is 7.90. The van der Waals surface area contributed by atoms with Gasteiger partial charge in [-0.05, 0) is 54.1 Å². The molecule has 34 heavy (non-hydrogen) atoms. The van der Waals surface area contributed by atoms with Gasteiger partial charge in [-0.1, -0.05) is 30.3 Å². The highest BCUT2D eigenvalue weighted by Gasteiger charge is 2.30. The number of carbonyl (C=O) groups excluding carboxylic acids is 1. The topological polar surface area (TPSA) is 92.7 Å². The summed E-state index contributed by atoms with van der Waals surface area (Å²) in [5.41, 5.74) is -0.0153. The maximum atomic E-state index is 12.6. The van der Waals surface area contributed by atoms with E-state index in [2.05, 4.69) is 5.32 Å². The van der Waals surface area contributed by atoms with Crippen LogP contribution in [0.25, 0.3) is 0 Å². The SMILES string of the molecule is O=C(NCC(O)COc1ccc(C(F)(F)F)cc1)c1ccc(CS(=O)(=O)c2ccccc2)cc1. The van der Waals surface area contributed by atoms with E-state index in [1.165, 1.54) is 24.3 Å². The van der Waals surface area contributed by atoms with E-state index in [0.717, 1.165) is 24.3 Å². The summed E-state index contributed by atoms with van der Waals surface area (Å²) in [5.74, 6) is -0.538. The summed E-state index contributed by atoms with van der Waals surface area (Å²) in [6.07, 6.45) is -5.54. The lowest BCUT2D eigenvalue weighted by Gasteiger charge is -2.14. The third-order valence-corrected chi connectivity index (χ3v) is 6.50. The monoisotopic (exact) mass is 493 g/mol. The second-order valence-electron chi connectivity index (χ2n) is 7.47. The van der Waals surface area contributed by atoms with Gasteiger partial charge in [0.15, 0.2) is 9.84 Å². The molecule has 1 amide bonds. The summed E-state index contributed by atoms with van der Waals surface area (Å²) in [6, 6.07) is 18.1. The Kier molecular flexibility index (Phi) is 7.95. The highest BCUT2D eigenvalue weighted by atomic mass is 32.2. The van der Waals surface area contributed by atoms with Gasteiger partial charge in [0.05, 0.1) is 16.2 Å². The number of carbonyl (C=O) groups is 1. The van der Waals surface area contributed by atoms with Gasteiger partial charge in [-0.15, -0.1) is 0 Å². The Morgan fingerprint density at radius 1 is 0.941 bits per heavy atom. The van der Waals surface area contributed by atoms with E-state index < -0.39 is 33.6 Å². The lowest BCUT2D eigenvalue weighted by molar-refractivity contribution is -0.137. The normalized spacial score (nSPS) is 12.7. The zero-order valence-corrected chi connectivity index (χ0v) is 18.6. The van der Waals surface area contributed by atoms with Crippen molar-refractivity contribution in [1.82, 2.24) is 5.32 Å². The molecule has 0 aliphatic carbocycles. The number of halogens is 3. The van der Waals surface area contributed by atoms with Gasteiger partial charge in [0.25, 0.3) is 5.91 Å². The van der Waals surface area contributed by atoms with Gasteiger partial charge in [0.2, 0.25) is 0 Å². The summed E-state index contributed by atoms with van der Waals surface area (Å²) in [7, 11) is -3.51. The Bertz CT molecular complexity index is 1200. The van der Waals surface area contributed by atoms with Crippen molar-refractivity contribution >= 4 is 15.7 Å². The van der Waals surface area contributed by atoms with Gasteiger partial charge in [0, 0.05) is 12.1 Å². The maximum Gasteiger partial charge on any atom is 0.416 e. The number of aliphatic hydroxyl groups excluding tert-OH is 1. The van der Waals surface area contributed by atoms with Gasteiger partial charge in [-0.3, -0.25) is 4.79 Å². The van der Waals surface area contributed by atoms with Crippen LogP contribution in [0.3, 0.4) is 0 Å². The molecule has 1 atom stereocenters. The number of rotatable bonds is 9. The smallest absolute Gasteiger partial charge is 0.416 e. The van der Waals surface area contributed by atoms with E-state index in [4.69, 9.17) is 4.74 Å². The van der Waals surface area contributed by atoms with Crippen LogP contribution >= 0.6 is 0 Å². The minimum absolute atomic E-state index is 0.149. The van der Waals surface area contributed by atoms with Crippen LogP contribution in [0.1, 0.15) is 21.5 Å². The molecule has 0 aliphatic heterocycles. The minimum atomic E-state index is -4.45. The molecular weight excluding hydrogens is 471 g/mol. The van der Waals surface area contributed by atoms with Gasteiger partial charge in [0.1, 0.15) is 18.5 Å². The first kappa shape index (κ1) is 25.3. The van der Waals surface area contributed by atoms with E-state index >= 15 is 0 Å². The zero-order chi connectivity index (χ0) is 24.8. The second-order valence-corrected chi connectivity index (χ2v) is 9.46. The van der Waals surface area contributed by atoms with Crippen molar-refractivity contribution in [2.75, 3.05) is 13.2 Å². The fourth-order valence-corrected chi connectivity index (χ4v) is 4.36. The summed E-state index contributed by atoms with van der Waals surface area (Å²) in [4.78, 5) is 12.5. The summed E-state index contributed by atoms with van der Waals surface area (Å²) >= 11 is 0. The van der Waals surface area contributed by atoms with Crippen LogP contribution in [-0.2, 0) is 21.8 Å². The molecule has 6 nitrogen and oxygen atoms in total. The maximum absolute atomic E-state index is 12.6. The number of hydrogen-bond acceptors (Lipinski definition) is 5. The summed E-state index contributed by atoms with van der Waals surface area (Å²) in [5, 5.41) is 12.5. The van der Waals surface area contributed by atoms with Crippen molar-refractivity contribution in [2.45, 2.75) is 22.9 Å². The van der Waals surface area contributed by atoms with E-state index in [-0.39, 0.29) is 35.1 Å². The average Bonchev–Trinajstić information content (AvgIpc) is 2.81. The largest absolute Gasteiger partial charge is 0.491 e. The first-order valence-electron chi connectivity index (χ1n) is 10.2. The molecular formula is C24H22F3NO5S. The molecule has 10 heteroatoms. The molecule has 0 aliphatic rings. The quantitative estimate of drug-likeness (QED) is 0.473. The molecule has 0 radical (unpaired) electrons. The number of nitrogens with one attached hydrogen (secondary N) is 1. The predicted molar refractivity (Wildman–Crippen MR) is 119 cm³/mol. The molecule has 3 rings (SSSR count). The Morgan fingerprint density at radius 3 is 2.15 bits per heavy atom. The molecule has 180 valence electrons. The average molecular weight is 494 g/mol. The first-order chi connectivity index (χ1) is 16.0. The van der Waals surface area contributed by atoms with Gasteiger partial charge in [-0.2, -0.15) is 13.2 Å². The third-order valence-electron chi connectivity index (χ3n) is 4.80. The number of ether oxygens (including phenoxy) is 1. The molecule has 3 aromatic rings. The predicted octanol–water partition coefficient (Wildman–Crippen LogP) is 3.85. The molecule has 0 heterocycles. The van der Waals surface area contributed by atoms with Gasteiger partial charge < -0.3 is 15.2 Å². The summed E-state index contributed by atoms with van der Waals surface area (Å²) < 4.78 is 67.9. The van der Waals surface area contributed by atoms with Gasteiger partial charge >= 0.3 is 6.18 Å². The van der Waals surface area contributed by atoms with E-state index in [1.807, 2.05) is 0 Å². The standard InChI is InChI=1S/C24H22F3NO5S/c25-24(26,27)19-10-12-21(13-11-19)33-15-20(29)14-28-23(30)18-8-6-17(7-9-18)16-34(31,32)22-4-2-1-3-5-22/h1-13,20,29H,14-16H2,(H,28,30). The molecule has 0 saturated heterocycles. The van der Waals surface area contributed by atoms with Crippen LogP contribution in [0.4, 0.5) is 13.2 Å². The molecule has 1 unspecified atom stereocenters. The lowest BCUT2D eigenvalue weighted by atomic mass is 10.1. The molecule has 0 spiro atoms. The van der Waals surface area contributed by atoms with Crippen molar-refractivity contribution in [2.24, 2.45) is 0 Å². The number of benzene rings is 3. The van der Waals surface area contributed by atoms with E-state index in [1.54, 1.807) is 30.3 Å². The van der Waals surface area contributed by atoms with E-state index in [0.29, 0.717) is 5.56 Å². The van der Waals surface area contributed by atoms with Crippen molar-refractivity contribution in [3.05, 3.63) is 95.6 Å². The minimum Gasteiger partial charge on any atom is -0.491 e. The highest BCUT2D eigenvalue weighted by Crippen LogP contribution is 2.30. The lowest BCUT2D eigenvalue weighted by Crippen LogP contribution is -2.35. The molecule has 0 saturated carbocycles.